The van der Waals surface area contributed by atoms with Crippen molar-refractivity contribution in [1.82, 2.24) is 9.97 Å². The lowest BCUT2D eigenvalue weighted by Crippen LogP contribution is -2.03. The van der Waals surface area contributed by atoms with Gasteiger partial charge in [0.2, 0.25) is 0 Å². The van der Waals surface area contributed by atoms with E-state index in [0.717, 1.165) is 0 Å². The van der Waals surface area contributed by atoms with E-state index in [0.29, 0.717) is 34.1 Å². The van der Waals surface area contributed by atoms with E-state index < -0.39 is 4.92 Å². The van der Waals surface area contributed by atoms with Crippen LogP contribution in [0.3, 0.4) is 0 Å². The highest BCUT2D eigenvalue weighted by Crippen LogP contribution is 2.23. The number of pyridine rings is 2. The van der Waals surface area contributed by atoms with Crippen molar-refractivity contribution in [2.45, 2.75) is 0 Å². The van der Waals surface area contributed by atoms with Crippen molar-refractivity contribution in [3.63, 3.8) is 0 Å². The van der Waals surface area contributed by atoms with Gasteiger partial charge < -0.3 is 10.6 Å². The Labute approximate surface area is 194 Å². The number of nitrogens with zero attached hydrogens (tertiary/aromatic N) is 3. The molecule has 2 aromatic carbocycles. The fourth-order valence-electron chi connectivity index (χ4n) is 3.09. The molecular weight excluding hydrogens is 437 g/mol. The van der Waals surface area contributed by atoms with Crippen LogP contribution >= 0.6 is 0 Å². The quantitative estimate of drug-likeness (QED) is 0.147. The van der Waals surface area contributed by atoms with Crippen molar-refractivity contribution in [3.8, 4) is 0 Å². The van der Waals surface area contributed by atoms with Crippen LogP contribution in [0.25, 0.3) is 6.08 Å². The molecule has 0 bridgehead atoms. The predicted octanol–water partition coefficient (Wildman–Crippen LogP) is 5.91. The van der Waals surface area contributed by atoms with Gasteiger partial charge in [-0.25, -0.2) is 14.4 Å². The topological polar surface area (TPSA) is 110 Å². The molecule has 34 heavy (non-hydrogen) atoms. The second-order valence-electron chi connectivity index (χ2n) is 7.10. The molecule has 0 saturated carbocycles. The van der Waals surface area contributed by atoms with Gasteiger partial charge in [-0.3, -0.25) is 14.9 Å². The zero-order valence-corrected chi connectivity index (χ0v) is 17.7. The van der Waals surface area contributed by atoms with Gasteiger partial charge in [-0.05, 0) is 72.8 Å². The number of carbonyl (C=O) groups excluding carboxylic acids is 1. The molecule has 4 aromatic rings. The monoisotopic (exact) mass is 455 g/mol. The Morgan fingerprint density at radius 2 is 1.44 bits per heavy atom. The largest absolute Gasteiger partial charge is 0.340 e. The Bertz CT molecular complexity index is 1360. The Hall–Kier alpha value is -4.92. The number of rotatable bonds is 8. The number of anilines is 4. The van der Waals surface area contributed by atoms with E-state index >= 15 is 0 Å². The van der Waals surface area contributed by atoms with Gasteiger partial charge in [0.05, 0.1) is 10.5 Å². The first-order valence-corrected chi connectivity index (χ1v) is 10.2. The summed E-state index contributed by atoms with van der Waals surface area (Å²) in [7, 11) is 0. The summed E-state index contributed by atoms with van der Waals surface area (Å²) in [4.78, 5) is 31.8. The maximum absolute atomic E-state index is 13.2. The van der Waals surface area contributed by atoms with Crippen LogP contribution in [0, 0.1) is 15.9 Å². The summed E-state index contributed by atoms with van der Waals surface area (Å²) < 4.78 is 13.2. The van der Waals surface area contributed by atoms with Gasteiger partial charge in [-0.2, -0.15) is 0 Å². The van der Waals surface area contributed by atoms with Crippen LogP contribution in [-0.2, 0) is 0 Å². The first-order chi connectivity index (χ1) is 16.5. The first kappa shape index (κ1) is 22.3. The number of aromatic nitrogens is 2. The highest BCUT2D eigenvalue weighted by molar-refractivity contribution is 6.10. The van der Waals surface area contributed by atoms with Crippen LogP contribution in [0.5, 0.6) is 0 Å². The number of non-ortho nitro benzene ring substituents is 1. The third-order valence-electron chi connectivity index (χ3n) is 4.77. The lowest BCUT2D eigenvalue weighted by atomic mass is 10.1. The molecule has 0 saturated heterocycles. The zero-order chi connectivity index (χ0) is 23.9. The highest BCUT2D eigenvalue weighted by Gasteiger charge is 2.11. The third-order valence-corrected chi connectivity index (χ3v) is 4.77. The van der Waals surface area contributed by atoms with Gasteiger partial charge in [0.25, 0.3) is 5.69 Å². The van der Waals surface area contributed by atoms with Crippen LogP contribution in [0.2, 0.25) is 0 Å². The van der Waals surface area contributed by atoms with Crippen molar-refractivity contribution < 1.29 is 14.1 Å². The van der Waals surface area contributed by atoms with Gasteiger partial charge in [-0.15, -0.1) is 0 Å². The van der Waals surface area contributed by atoms with E-state index in [1.165, 1.54) is 30.3 Å². The number of nitro groups is 1. The maximum atomic E-state index is 13.2. The molecule has 0 unspecified atom stereocenters. The Balaban J connectivity index is 1.53. The number of allylic oxidation sites excluding steroid dienone is 1. The molecule has 2 aromatic heterocycles. The van der Waals surface area contributed by atoms with Crippen molar-refractivity contribution in [3.05, 3.63) is 118 Å². The Kier molecular flexibility index (Phi) is 6.64. The second kappa shape index (κ2) is 10.1. The second-order valence-corrected chi connectivity index (χ2v) is 7.10. The van der Waals surface area contributed by atoms with E-state index in [1.54, 1.807) is 67.0 Å². The molecule has 0 aliphatic carbocycles. The molecule has 8 nitrogen and oxygen atoms in total. The van der Waals surface area contributed by atoms with Gasteiger partial charge in [0, 0.05) is 41.5 Å². The lowest BCUT2D eigenvalue weighted by molar-refractivity contribution is -0.384. The summed E-state index contributed by atoms with van der Waals surface area (Å²) in [6.07, 6.45) is 6.18. The molecule has 0 radical (unpaired) electrons. The number of hydrogen-bond acceptors (Lipinski definition) is 7. The maximum Gasteiger partial charge on any atom is 0.269 e. The lowest BCUT2D eigenvalue weighted by Gasteiger charge is -2.10. The molecule has 0 aliphatic heterocycles. The van der Waals surface area contributed by atoms with E-state index in [4.69, 9.17) is 0 Å². The standard InChI is InChI=1S/C25H18FN5O3/c26-18-6-8-19(9-7-18)30-25-22(4-2-16-28-25)23(32)14-5-17-3-1-15-27-24(17)29-20-10-12-21(13-11-20)31(33)34/h1-16H,(H,27,29)(H,28,30). The SMILES string of the molecule is O=C(C=Cc1cccnc1Nc1ccc([N+](=O)[O-])cc1)c1cccnc1Nc1ccc(F)cc1. The van der Waals surface area contributed by atoms with Crippen molar-refractivity contribution in [1.29, 1.82) is 0 Å². The summed E-state index contributed by atoms with van der Waals surface area (Å²) in [5, 5.41) is 17.0. The Morgan fingerprint density at radius 1 is 0.853 bits per heavy atom. The zero-order valence-electron chi connectivity index (χ0n) is 17.7. The minimum atomic E-state index is -0.470. The average molecular weight is 455 g/mol. The molecule has 0 aliphatic rings. The first-order valence-electron chi connectivity index (χ1n) is 10.2. The normalized spacial score (nSPS) is 10.7. The molecule has 0 amide bonds. The molecule has 0 atom stereocenters. The molecule has 168 valence electrons. The molecule has 9 heteroatoms. The molecule has 2 heterocycles. The molecule has 0 fully saturated rings. The number of carbonyl (C=O) groups is 1. The summed E-state index contributed by atoms with van der Waals surface area (Å²) >= 11 is 0. The van der Waals surface area contributed by atoms with Crippen LogP contribution in [0.15, 0.2) is 91.3 Å². The number of hydrogen-bond donors (Lipinski definition) is 2. The fourth-order valence-corrected chi connectivity index (χ4v) is 3.09. The fraction of sp³-hybridized carbons (Fsp3) is 0. The van der Waals surface area contributed by atoms with Crippen LogP contribution < -0.4 is 10.6 Å². The molecule has 2 N–H and O–H groups in total. The highest BCUT2D eigenvalue weighted by atomic mass is 19.1. The van der Waals surface area contributed by atoms with E-state index in [1.807, 2.05) is 0 Å². The number of ketones is 1. The summed E-state index contributed by atoms with van der Waals surface area (Å²) in [5.74, 6) is 0.179. The van der Waals surface area contributed by atoms with Crippen LogP contribution in [0.4, 0.5) is 33.1 Å². The van der Waals surface area contributed by atoms with Crippen molar-refractivity contribution in [2.24, 2.45) is 0 Å². The number of benzene rings is 2. The summed E-state index contributed by atoms with van der Waals surface area (Å²) in [6.45, 7) is 0. The molecular formula is C25H18FN5O3. The predicted molar refractivity (Wildman–Crippen MR) is 128 cm³/mol. The summed E-state index contributed by atoms with van der Waals surface area (Å²) in [5.41, 5.74) is 2.19. The van der Waals surface area contributed by atoms with Crippen LogP contribution in [-0.4, -0.2) is 20.7 Å². The smallest absolute Gasteiger partial charge is 0.269 e. The number of halogens is 1. The van der Waals surface area contributed by atoms with Gasteiger partial charge in [0.1, 0.15) is 17.5 Å². The van der Waals surface area contributed by atoms with Gasteiger partial charge in [0.15, 0.2) is 5.78 Å². The molecule has 4 rings (SSSR count). The minimum absolute atomic E-state index is 0.0150. The van der Waals surface area contributed by atoms with Crippen molar-refractivity contribution in [2.75, 3.05) is 10.6 Å². The van der Waals surface area contributed by atoms with Gasteiger partial charge >= 0.3 is 0 Å². The number of nitro benzene ring substituents is 1. The van der Waals surface area contributed by atoms with Crippen LogP contribution in [0.1, 0.15) is 15.9 Å². The average Bonchev–Trinajstić information content (AvgIpc) is 2.85. The summed E-state index contributed by atoms with van der Waals surface area (Å²) in [6, 6.07) is 18.5. The third kappa shape index (κ3) is 5.46. The Morgan fingerprint density at radius 3 is 2.12 bits per heavy atom. The van der Waals surface area contributed by atoms with E-state index in [9.17, 15) is 19.3 Å². The van der Waals surface area contributed by atoms with Crippen molar-refractivity contribution >= 4 is 40.6 Å². The number of nitrogens with one attached hydrogen (secondary N) is 2. The minimum Gasteiger partial charge on any atom is -0.340 e. The molecule has 0 spiro atoms. The van der Waals surface area contributed by atoms with E-state index in [2.05, 4.69) is 20.6 Å². The van der Waals surface area contributed by atoms with E-state index in [-0.39, 0.29) is 17.3 Å². The van der Waals surface area contributed by atoms with Gasteiger partial charge in [-0.1, -0.05) is 0 Å².